The molecule has 1 N–H and O–H groups in total. The predicted octanol–water partition coefficient (Wildman–Crippen LogP) is 4.17. The largest absolute Gasteiger partial charge is 0.373 e. The van der Waals surface area contributed by atoms with Gasteiger partial charge in [0.05, 0.1) is 34.6 Å². The van der Waals surface area contributed by atoms with Crippen molar-refractivity contribution in [1.82, 2.24) is 9.55 Å². The Morgan fingerprint density at radius 1 is 1.24 bits per heavy atom. The van der Waals surface area contributed by atoms with Gasteiger partial charge in [0.25, 0.3) is 5.69 Å². The van der Waals surface area contributed by atoms with Crippen molar-refractivity contribution in [3.63, 3.8) is 0 Å². The number of nitro groups is 1. The fraction of sp³-hybridized carbons (Fsp3) is 0.235. The molecule has 128 valence electrons. The maximum atomic E-state index is 14.0. The van der Waals surface area contributed by atoms with Crippen LogP contribution >= 0.6 is 0 Å². The maximum Gasteiger partial charge on any atom is 0.275 e. The van der Waals surface area contributed by atoms with Gasteiger partial charge in [-0.05, 0) is 25.0 Å². The highest BCUT2D eigenvalue weighted by Crippen LogP contribution is 2.38. The molecule has 25 heavy (non-hydrogen) atoms. The number of hydrogen-bond acceptors (Lipinski definition) is 4. The highest BCUT2D eigenvalue weighted by atomic mass is 19.1. The van der Waals surface area contributed by atoms with Gasteiger partial charge in [0.15, 0.2) is 11.6 Å². The van der Waals surface area contributed by atoms with Gasteiger partial charge in [0.1, 0.15) is 11.5 Å². The summed E-state index contributed by atoms with van der Waals surface area (Å²) in [5, 5.41) is 13.4. The lowest BCUT2D eigenvalue weighted by atomic mass is 10.2. The summed E-state index contributed by atoms with van der Waals surface area (Å²) >= 11 is 0. The molecule has 0 aliphatic heterocycles. The number of imidazole rings is 1. The number of aromatic nitrogens is 2. The zero-order valence-electron chi connectivity index (χ0n) is 13.1. The van der Waals surface area contributed by atoms with Crippen molar-refractivity contribution in [1.29, 1.82) is 0 Å². The number of nitro benzene ring substituents is 1. The second kappa shape index (κ2) is 5.80. The lowest BCUT2D eigenvalue weighted by Gasteiger charge is -2.11. The predicted molar refractivity (Wildman–Crippen MR) is 88.3 cm³/mol. The minimum atomic E-state index is -0.999. The lowest BCUT2D eigenvalue weighted by Crippen LogP contribution is -2.10. The summed E-state index contributed by atoms with van der Waals surface area (Å²) in [5.41, 5.74) is 0.813. The normalized spacial score (nSPS) is 14.0. The van der Waals surface area contributed by atoms with Gasteiger partial charge >= 0.3 is 0 Å². The molecule has 0 spiro atoms. The third-order valence-corrected chi connectivity index (χ3v) is 4.24. The molecule has 0 atom stereocenters. The summed E-state index contributed by atoms with van der Waals surface area (Å²) < 4.78 is 30.1. The second-order valence-electron chi connectivity index (χ2n) is 6.01. The highest BCUT2D eigenvalue weighted by Gasteiger charge is 2.28. The molecule has 1 aliphatic carbocycles. The first-order valence-corrected chi connectivity index (χ1v) is 7.87. The zero-order chi connectivity index (χ0) is 17.6. The fourth-order valence-electron chi connectivity index (χ4n) is 2.96. The van der Waals surface area contributed by atoms with Crippen LogP contribution in [-0.4, -0.2) is 14.5 Å². The van der Waals surface area contributed by atoms with E-state index in [9.17, 15) is 18.9 Å². The molecule has 4 rings (SSSR count). The standard InChI is InChI=1S/C17H14F2N4O2/c18-12-7-11(23(24)25)8-13(19)17(12)20-9-16-21-14-3-1-2-4-15(14)22(16)10-5-6-10/h1-4,7-8,10,20H,5-6,9H2. The summed E-state index contributed by atoms with van der Waals surface area (Å²) in [5.74, 6) is -1.32. The first kappa shape index (κ1) is 15.5. The summed E-state index contributed by atoms with van der Waals surface area (Å²) in [4.78, 5) is 14.4. The molecule has 1 heterocycles. The van der Waals surface area contributed by atoms with Crippen LogP contribution in [0.4, 0.5) is 20.2 Å². The second-order valence-corrected chi connectivity index (χ2v) is 6.01. The number of hydrogen-bond donors (Lipinski definition) is 1. The van der Waals surface area contributed by atoms with Gasteiger partial charge in [-0.3, -0.25) is 10.1 Å². The Morgan fingerprint density at radius 3 is 2.56 bits per heavy atom. The SMILES string of the molecule is O=[N+]([O-])c1cc(F)c(NCc2nc3ccccc3n2C2CC2)c(F)c1. The zero-order valence-corrected chi connectivity index (χ0v) is 13.1. The van der Waals surface area contributed by atoms with Gasteiger partial charge in [-0.2, -0.15) is 0 Å². The first-order valence-electron chi connectivity index (χ1n) is 7.87. The molecule has 0 bridgehead atoms. The summed E-state index contributed by atoms with van der Waals surface area (Å²) in [6.07, 6.45) is 2.10. The van der Waals surface area contributed by atoms with E-state index >= 15 is 0 Å². The number of nitrogens with zero attached hydrogens (tertiary/aromatic N) is 3. The molecule has 0 amide bonds. The monoisotopic (exact) mass is 344 g/mol. The number of fused-ring (bicyclic) bond motifs is 1. The van der Waals surface area contributed by atoms with Gasteiger partial charge < -0.3 is 9.88 Å². The molecule has 2 aromatic carbocycles. The Hall–Kier alpha value is -3.03. The quantitative estimate of drug-likeness (QED) is 0.557. The fourth-order valence-corrected chi connectivity index (χ4v) is 2.96. The van der Waals surface area contributed by atoms with Crippen LogP contribution in [-0.2, 0) is 6.54 Å². The Morgan fingerprint density at radius 2 is 1.92 bits per heavy atom. The van der Waals surface area contributed by atoms with Crippen LogP contribution in [0.25, 0.3) is 11.0 Å². The van der Waals surface area contributed by atoms with E-state index in [0.29, 0.717) is 24.0 Å². The number of anilines is 1. The molecule has 3 aromatic rings. The van der Waals surface area contributed by atoms with E-state index in [0.717, 1.165) is 23.9 Å². The van der Waals surface area contributed by atoms with Crippen LogP contribution in [0.15, 0.2) is 36.4 Å². The van der Waals surface area contributed by atoms with E-state index in [-0.39, 0.29) is 12.2 Å². The molecule has 1 fully saturated rings. The molecule has 8 heteroatoms. The number of halogens is 2. The third kappa shape index (κ3) is 2.79. The minimum absolute atomic E-state index is 0.122. The van der Waals surface area contributed by atoms with E-state index in [1.54, 1.807) is 0 Å². The van der Waals surface area contributed by atoms with E-state index < -0.39 is 22.2 Å². The Balaban J connectivity index is 1.65. The van der Waals surface area contributed by atoms with Crippen molar-refractivity contribution in [2.75, 3.05) is 5.32 Å². The van der Waals surface area contributed by atoms with Crippen LogP contribution < -0.4 is 5.32 Å². The number of non-ortho nitro benzene ring substituents is 1. The Bertz CT molecular complexity index is 959. The van der Waals surface area contributed by atoms with Crippen LogP contribution in [0.1, 0.15) is 24.7 Å². The third-order valence-electron chi connectivity index (χ3n) is 4.24. The molecule has 1 aromatic heterocycles. The van der Waals surface area contributed by atoms with E-state index in [1.165, 1.54) is 0 Å². The average Bonchev–Trinajstić information content (AvgIpc) is 3.34. The van der Waals surface area contributed by atoms with Gasteiger partial charge in [-0.15, -0.1) is 0 Å². The van der Waals surface area contributed by atoms with Crippen molar-refractivity contribution >= 4 is 22.4 Å². The maximum absolute atomic E-state index is 14.0. The molecular weight excluding hydrogens is 330 g/mol. The van der Waals surface area contributed by atoms with Crippen molar-refractivity contribution in [3.8, 4) is 0 Å². The van der Waals surface area contributed by atoms with Crippen LogP contribution in [0.2, 0.25) is 0 Å². The molecule has 0 unspecified atom stereocenters. The molecule has 0 saturated heterocycles. The van der Waals surface area contributed by atoms with Crippen LogP contribution in [0.5, 0.6) is 0 Å². The van der Waals surface area contributed by atoms with Crippen molar-refractivity contribution < 1.29 is 13.7 Å². The summed E-state index contributed by atoms with van der Waals surface area (Å²) in [6.45, 7) is 0.122. The average molecular weight is 344 g/mol. The van der Waals surface area contributed by atoms with Crippen molar-refractivity contribution in [2.24, 2.45) is 0 Å². The smallest absolute Gasteiger partial charge is 0.275 e. The summed E-state index contributed by atoms with van der Waals surface area (Å²) in [6, 6.07) is 9.44. The van der Waals surface area contributed by atoms with Gasteiger partial charge in [-0.1, -0.05) is 12.1 Å². The van der Waals surface area contributed by atoms with E-state index in [1.807, 2.05) is 24.3 Å². The number of benzene rings is 2. The number of nitrogens with one attached hydrogen (secondary N) is 1. The molecule has 6 nitrogen and oxygen atoms in total. The van der Waals surface area contributed by atoms with Gasteiger partial charge in [-0.25, -0.2) is 13.8 Å². The van der Waals surface area contributed by atoms with Crippen LogP contribution in [0, 0.1) is 21.7 Å². The van der Waals surface area contributed by atoms with Crippen molar-refractivity contribution in [2.45, 2.75) is 25.4 Å². The van der Waals surface area contributed by atoms with Gasteiger partial charge in [0, 0.05) is 6.04 Å². The topological polar surface area (TPSA) is 73.0 Å². The highest BCUT2D eigenvalue weighted by molar-refractivity contribution is 5.76. The first-order chi connectivity index (χ1) is 12.0. The van der Waals surface area contributed by atoms with E-state index in [4.69, 9.17) is 0 Å². The molecule has 1 aliphatic rings. The number of para-hydroxylation sites is 2. The van der Waals surface area contributed by atoms with Crippen LogP contribution in [0.3, 0.4) is 0 Å². The minimum Gasteiger partial charge on any atom is -0.373 e. The molecule has 0 radical (unpaired) electrons. The molecule has 1 saturated carbocycles. The van der Waals surface area contributed by atoms with Crippen molar-refractivity contribution in [3.05, 3.63) is 64.0 Å². The summed E-state index contributed by atoms with van der Waals surface area (Å²) in [7, 11) is 0. The Labute approximate surface area is 141 Å². The Kier molecular flexibility index (Phi) is 3.60. The van der Waals surface area contributed by atoms with E-state index in [2.05, 4.69) is 14.9 Å². The number of rotatable bonds is 5. The molecular formula is C17H14F2N4O2. The lowest BCUT2D eigenvalue weighted by molar-refractivity contribution is -0.385. The van der Waals surface area contributed by atoms with Gasteiger partial charge in [0.2, 0.25) is 0 Å².